The normalized spacial score (nSPS) is 14.7. The molecule has 0 N–H and O–H groups in total. The van der Waals surface area contributed by atoms with Crippen molar-refractivity contribution in [3.8, 4) is 11.5 Å². The van der Waals surface area contributed by atoms with Crippen LogP contribution in [0.4, 0.5) is 5.69 Å². The van der Waals surface area contributed by atoms with Crippen molar-refractivity contribution < 1.29 is 14.3 Å². The highest BCUT2D eigenvalue weighted by atomic mass is 79.9. The van der Waals surface area contributed by atoms with Crippen molar-refractivity contribution >= 4 is 55.4 Å². The summed E-state index contributed by atoms with van der Waals surface area (Å²) in [6, 6.07) is 20.7. The van der Waals surface area contributed by atoms with Gasteiger partial charge in [-0.25, -0.2) is 4.99 Å². The van der Waals surface area contributed by atoms with E-state index in [0.717, 1.165) is 25.8 Å². The van der Waals surface area contributed by atoms with Crippen LogP contribution in [0.1, 0.15) is 11.1 Å². The van der Waals surface area contributed by atoms with Crippen LogP contribution in [-0.4, -0.2) is 26.0 Å². The molecule has 3 aromatic carbocycles. The fraction of sp³-hybridized carbons (Fsp3) is 0.0833. The van der Waals surface area contributed by atoms with E-state index in [-0.39, 0.29) is 5.91 Å². The van der Waals surface area contributed by atoms with Gasteiger partial charge in [-0.3, -0.25) is 9.69 Å². The van der Waals surface area contributed by atoms with E-state index in [4.69, 9.17) is 14.5 Å². The SMILES string of the molecule is COc1ccc(/C=C2/N=C(c3ccccc3Br)N(c3cccc(Br)c3)C2=O)c(OC)c1. The average molecular weight is 542 g/mol. The number of hydrogen-bond donors (Lipinski definition) is 0. The van der Waals surface area contributed by atoms with Crippen molar-refractivity contribution in [2.75, 3.05) is 19.1 Å². The van der Waals surface area contributed by atoms with Gasteiger partial charge in [-0.2, -0.15) is 0 Å². The second kappa shape index (κ2) is 9.08. The molecule has 0 atom stereocenters. The maximum absolute atomic E-state index is 13.5. The number of aliphatic imine (C=N–C) groups is 1. The predicted molar refractivity (Wildman–Crippen MR) is 130 cm³/mol. The van der Waals surface area contributed by atoms with Gasteiger partial charge >= 0.3 is 0 Å². The highest BCUT2D eigenvalue weighted by molar-refractivity contribution is 9.10. The molecule has 1 heterocycles. The number of amides is 1. The van der Waals surface area contributed by atoms with E-state index in [0.29, 0.717) is 23.0 Å². The summed E-state index contributed by atoms with van der Waals surface area (Å²) in [5, 5.41) is 0. The summed E-state index contributed by atoms with van der Waals surface area (Å²) in [6.45, 7) is 0. The Morgan fingerprint density at radius 3 is 2.45 bits per heavy atom. The topological polar surface area (TPSA) is 51.1 Å². The maximum Gasteiger partial charge on any atom is 0.282 e. The molecule has 0 aliphatic carbocycles. The summed E-state index contributed by atoms with van der Waals surface area (Å²) >= 11 is 7.08. The van der Waals surface area contributed by atoms with E-state index in [2.05, 4.69) is 31.9 Å². The molecule has 0 unspecified atom stereocenters. The van der Waals surface area contributed by atoms with Gasteiger partial charge in [0.2, 0.25) is 0 Å². The lowest BCUT2D eigenvalue weighted by Crippen LogP contribution is -2.32. The van der Waals surface area contributed by atoms with Crippen molar-refractivity contribution in [3.63, 3.8) is 0 Å². The molecule has 0 fully saturated rings. The minimum Gasteiger partial charge on any atom is -0.497 e. The van der Waals surface area contributed by atoms with Gasteiger partial charge in [0.25, 0.3) is 5.91 Å². The molecule has 31 heavy (non-hydrogen) atoms. The zero-order chi connectivity index (χ0) is 22.0. The average Bonchev–Trinajstić information content (AvgIpc) is 3.10. The van der Waals surface area contributed by atoms with Gasteiger partial charge in [0, 0.05) is 26.1 Å². The highest BCUT2D eigenvalue weighted by Gasteiger charge is 2.33. The number of rotatable bonds is 5. The van der Waals surface area contributed by atoms with Gasteiger partial charge in [0.15, 0.2) is 0 Å². The fourth-order valence-corrected chi connectivity index (χ4v) is 4.13. The van der Waals surface area contributed by atoms with Crippen LogP contribution in [0.2, 0.25) is 0 Å². The second-order valence-electron chi connectivity index (χ2n) is 6.67. The summed E-state index contributed by atoms with van der Waals surface area (Å²) in [4.78, 5) is 19.8. The largest absolute Gasteiger partial charge is 0.497 e. The fourth-order valence-electron chi connectivity index (χ4n) is 3.28. The number of ether oxygens (including phenoxy) is 2. The minimum absolute atomic E-state index is 0.221. The van der Waals surface area contributed by atoms with Gasteiger partial charge < -0.3 is 9.47 Å². The summed E-state index contributed by atoms with van der Waals surface area (Å²) < 4.78 is 12.5. The van der Waals surface area contributed by atoms with E-state index >= 15 is 0 Å². The lowest BCUT2D eigenvalue weighted by Gasteiger charge is -2.19. The Bertz CT molecular complexity index is 1220. The van der Waals surface area contributed by atoms with Gasteiger partial charge in [0.05, 0.1) is 19.9 Å². The lowest BCUT2D eigenvalue weighted by molar-refractivity contribution is -0.113. The summed E-state index contributed by atoms with van der Waals surface area (Å²) in [5.41, 5.74) is 2.59. The molecule has 0 saturated carbocycles. The Morgan fingerprint density at radius 1 is 0.935 bits per heavy atom. The number of hydrogen-bond acceptors (Lipinski definition) is 4. The summed E-state index contributed by atoms with van der Waals surface area (Å²) in [6.07, 6.45) is 1.73. The van der Waals surface area contributed by atoms with Crippen LogP contribution < -0.4 is 14.4 Å². The number of carbonyl (C=O) groups is 1. The van der Waals surface area contributed by atoms with Crippen LogP contribution in [0.3, 0.4) is 0 Å². The molecule has 0 bridgehead atoms. The molecule has 4 rings (SSSR count). The Hall–Kier alpha value is -2.90. The third-order valence-electron chi connectivity index (χ3n) is 4.77. The van der Waals surface area contributed by atoms with Crippen LogP contribution in [0.15, 0.2) is 86.4 Å². The first-order valence-corrected chi connectivity index (χ1v) is 11.0. The zero-order valence-corrected chi connectivity index (χ0v) is 20.0. The first-order valence-electron chi connectivity index (χ1n) is 9.39. The number of halogens is 2. The van der Waals surface area contributed by atoms with Gasteiger partial charge in [-0.1, -0.05) is 56.1 Å². The van der Waals surface area contributed by atoms with Gasteiger partial charge in [0.1, 0.15) is 23.0 Å². The third kappa shape index (κ3) is 4.29. The van der Waals surface area contributed by atoms with Crippen LogP contribution in [-0.2, 0) is 4.79 Å². The molecule has 1 amide bonds. The van der Waals surface area contributed by atoms with E-state index in [1.807, 2.05) is 60.7 Å². The number of anilines is 1. The molecule has 3 aromatic rings. The Balaban J connectivity index is 1.86. The molecule has 156 valence electrons. The van der Waals surface area contributed by atoms with Crippen LogP contribution >= 0.6 is 31.9 Å². The maximum atomic E-state index is 13.5. The van der Waals surface area contributed by atoms with Gasteiger partial charge in [-0.05, 0) is 42.5 Å². The number of carbonyl (C=O) groups excluding carboxylic acids is 1. The number of methoxy groups -OCH3 is 2. The molecule has 0 radical (unpaired) electrons. The van der Waals surface area contributed by atoms with Crippen molar-refractivity contribution in [2.45, 2.75) is 0 Å². The Labute approximate surface area is 197 Å². The van der Waals surface area contributed by atoms with E-state index < -0.39 is 0 Å². The molecular weight excluding hydrogens is 524 g/mol. The third-order valence-corrected chi connectivity index (χ3v) is 5.96. The van der Waals surface area contributed by atoms with Crippen LogP contribution in [0.25, 0.3) is 6.08 Å². The second-order valence-corrected chi connectivity index (χ2v) is 8.44. The molecule has 0 aromatic heterocycles. The smallest absolute Gasteiger partial charge is 0.282 e. The number of nitrogens with zero attached hydrogens (tertiary/aromatic N) is 2. The highest BCUT2D eigenvalue weighted by Crippen LogP contribution is 2.33. The first-order chi connectivity index (χ1) is 15.0. The van der Waals surface area contributed by atoms with Crippen molar-refractivity contribution in [1.29, 1.82) is 0 Å². The van der Waals surface area contributed by atoms with E-state index in [9.17, 15) is 4.79 Å². The Kier molecular flexibility index (Phi) is 6.25. The molecule has 1 aliphatic rings. The molecule has 5 nitrogen and oxygen atoms in total. The standard InChI is InChI=1S/C24H18Br2N2O3/c1-30-18-11-10-15(22(14-18)31-2)12-21-24(29)28(17-7-5-6-16(25)13-17)23(27-21)19-8-3-4-9-20(19)26/h3-14H,1-2H3/b21-12+. The predicted octanol–water partition coefficient (Wildman–Crippen LogP) is 6.06. The monoisotopic (exact) mass is 540 g/mol. The lowest BCUT2D eigenvalue weighted by atomic mass is 10.1. The molecule has 7 heteroatoms. The Morgan fingerprint density at radius 2 is 1.74 bits per heavy atom. The van der Waals surface area contributed by atoms with Gasteiger partial charge in [-0.15, -0.1) is 0 Å². The first kappa shape index (κ1) is 21.3. The summed E-state index contributed by atoms with van der Waals surface area (Å²) in [7, 11) is 3.17. The van der Waals surface area contributed by atoms with E-state index in [1.54, 1.807) is 31.3 Å². The van der Waals surface area contributed by atoms with Crippen molar-refractivity contribution in [2.24, 2.45) is 4.99 Å². The molecule has 0 saturated heterocycles. The summed E-state index contributed by atoms with van der Waals surface area (Å²) in [5.74, 6) is 1.60. The van der Waals surface area contributed by atoms with Crippen LogP contribution in [0.5, 0.6) is 11.5 Å². The van der Waals surface area contributed by atoms with Crippen molar-refractivity contribution in [3.05, 3.63) is 92.5 Å². The van der Waals surface area contributed by atoms with Crippen LogP contribution in [0, 0.1) is 0 Å². The number of benzene rings is 3. The zero-order valence-electron chi connectivity index (χ0n) is 16.8. The minimum atomic E-state index is -0.221. The number of amidine groups is 1. The molecule has 0 spiro atoms. The quantitative estimate of drug-likeness (QED) is 0.369. The van der Waals surface area contributed by atoms with E-state index in [1.165, 1.54) is 0 Å². The molecular formula is C24H18Br2N2O3. The van der Waals surface area contributed by atoms with Crippen molar-refractivity contribution in [1.82, 2.24) is 0 Å². The molecule has 1 aliphatic heterocycles.